The van der Waals surface area contributed by atoms with Gasteiger partial charge in [-0.1, -0.05) is 0 Å². The molecule has 5 heteroatoms. The zero-order valence-electron chi connectivity index (χ0n) is 10.6. The number of ketones is 1. The van der Waals surface area contributed by atoms with Gasteiger partial charge in [-0.25, -0.2) is 0 Å². The van der Waals surface area contributed by atoms with Crippen LogP contribution < -0.4 is 5.73 Å². The van der Waals surface area contributed by atoms with Gasteiger partial charge < -0.3 is 10.3 Å². The van der Waals surface area contributed by atoms with Crippen LogP contribution in [-0.2, 0) is 11.8 Å². The third kappa shape index (κ3) is 2.98. The van der Waals surface area contributed by atoms with Crippen molar-refractivity contribution >= 4 is 11.7 Å². The molecule has 0 atom stereocenters. The number of hydrogen-bond donors (Lipinski definition) is 1. The van der Waals surface area contributed by atoms with Crippen molar-refractivity contribution in [3.05, 3.63) is 24.0 Å². The first-order valence-corrected chi connectivity index (χ1v) is 6.23. The van der Waals surface area contributed by atoms with E-state index in [-0.39, 0.29) is 17.6 Å². The van der Waals surface area contributed by atoms with Crippen LogP contribution in [0.3, 0.4) is 0 Å². The smallest absolute Gasteiger partial charge is 0.220 e. The summed E-state index contributed by atoms with van der Waals surface area (Å²) < 4.78 is 1.87. The van der Waals surface area contributed by atoms with Crippen LogP contribution in [0.1, 0.15) is 23.2 Å². The molecule has 5 nitrogen and oxygen atoms in total. The summed E-state index contributed by atoms with van der Waals surface area (Å²) in [6.07, 6.45) is 5.22. The number of carbonyl (C=O) groups is 2. The van der Waals surface area contributed by atoms with Crippen molar-refractivity contribution in [3.63, 3.8) is 0 Å². The minimum atomic E-state index is -0.218. The van der Waals surface area contributed by atoms with E-state index in [0.29, 0.717) is 6.54 Å². The highest BCUT2D eigenvalue weighted by atomic mass is 16.1. The van der Waals surface area contributed by atoms with Crippen molar-refractivity contribution in [1.29, 1.82) is 0 Å². The van der Waals surface area contributed by atoms with Gasteiger partial charge in [0.05, 0.1) is 6.54 Å². The fourth-order valence-electron chi connectivity index (χ4n) is 2.34. The van der Waals surface area contributed by atoms with Crippen molar-refractivity contribution in [3.8, 4) is 0 Å². The van der Waals surface area contributed by atoms with Gasteiger partial charge in [-0.2, -0.15) is 0 Å². The van der Waals surface area contributed by atoms with Crippen LogP contribution in [0.15, 0.2) is 18.5 Å². The lowest BCUT2D eigenvalue weighted by atomic mass is 9.96. The molecule has 0 unspecified atom stereocenters. The molecular formula is C13H19N3O2. The standard InChI is InChI=1S/C13H19N3O2/c1-15-5-2-11(8-15)12(17)9-16-6-3-10(4-7-16)13(14)18/h2,5,8,10H,3-4,6-7,9H2,1H3,(H2,14,18). The van der Waals surface area contributed by atoms with Crippen LogP contribution in [0.2, 0.25) is 0 Å². The molecule has 0 bridgehead atoms. The van der Waals surface area contributed by atoms with Crippen LogP contribution >= 0.6 is 0 Å². The van der Waals surface area contributed by atoms with Crippen molar-refractivity contribution < 1.29 is 9.59 Å². The number of amides is 1. The van der Waals surface area contributed by atoms with E-state index in [1.54, 1.807) is 0 Å². The zero-order valence-corrected chi connectivity index (χ0v) is 10.6. The Balaban J connectivity index is 1.85. The van der Waals surface area contributed by atoms with E-state index in [2.05, 4.69) is 4.90 Å². The number of primary amides is 1. The Bertz CT molecular complexity index is 445. The summed E-state index contributed by atoms with van der Waals surface area (Å²) in [6, 6.07) is 1.83. The SMILES string of the molecule is Cn1ccc(C(=O)CN2CCC(C(N)=O)CC2)c1. The van der Waals surface area contributed by atoms with E-state index in [0.717, 1.165) is 31.5 Å². The molecule has 0 aliphatic carbocycles. The van der Waals surface area contributed by atoms with Gasteiger partial charge in [-0.05, 0) is 32.0 Å². The third-order valence-corrected chi connectivity index (χ3v) is 3.51. The Hall–Kier alpha value is -1.62. The molecule has 1 fully saturated rings. The second kappa shape index (κ2) is 5.35. The summed E-state index contributed by atoms with van der Waals surface area (Å²) in [5.74, 6) is -0.106. The molecule has 2 N–H and O–H groups in total. The van der Waals surface area contributed by atoms with E-state index < -0.39 is 0 Å². The van der Waals surface area contributed by atoms with E-state index in [1.807, 2.05) is 30.1 Å². The minimum Gasteiger partial charge on any atom is -0.369 e. The lowest BCUT2D eigenvalue weighted by Crippen LogP contribution is -2.40. The molecule has 1 aromatic rings. The highest BCUT2D eigenvalue weighted by molar-refractivity contribution is 5.97. The molecule has 2 rings (SSSR count). The van der Waals surface area contributed by atoms with E-state index in [1.165, 1.54) is 0 Å². The van der Waals surface area contributed by atoms with Crippen molar-refractivity contribution in [1.82, 2.24) is 9.47 Å². The molecule has 98 valence electrons. The number of nitrogens with zero attached hydrogens (tertiary/aromatic N) is 2. The summed E-state index contributed by atoms with van der Waals surface area (Å²) in [5, 5.41) is 0. The summed E-state index contributed by atoms with van der Waals surface area (Å²) in [7, 11) is 1.90. The summed E-state index contributed by atoms with van der Waals surface area (Å²) in [5.41, 5.74) is 6.03. The number of rotatable bonds is 4. The number of nitrogens with two attached hydrogens (primary N) is 1. The summed E-state index contributed by atoms with van der Waals surface area (Å²) in [6.45, 7) is 1.97. The number of aryl methyl sites for hydroxylation is 1. The Morgan fingerprint density at radius 3 is 2.56 bits per heavy atom. The number of piperidine rings is 1. The van der Waals surface area contributed by atoms with Gasteiger partial charge in [0.1, 0.15) is 0 Å². The second-order valence-corrected chi connectivity index (χ2v) is 4.94. The molecular weight excluding hydrogens is 230 g/mol. The fourth-order valence-corrected chi connectivity index (χ4v) is 2.34. The highest BCUT2D eigenvalue weighted by Crippen LogP contribution is 2.17. The first-order chi connectivity index (χ1) is 8.56. The third-order valence-electron chi connectivity index (χ3n) is 3.51. The van der Waals surface area contributed by atoms with Gasteiger partial charge in [0.2, 0.25) is 5.91 Å². The van der Waals surface area contributed by atoms with Gasteiger partial charge >= 0.3 is 0 Å². The second-order valence-electron chi connectivity index (χ2n) is 4.94. The average molecular weight is 249 g/mol. The minimum absolute atomic E-state index is 0.0203. The zero-order chi connectivity index (χ0) is 13.1. The molecule has 0 radical (unpaired) electrons. The topological polar surface area (TPSA) is 68.3 Å². The number of carbonyl (C=O) groups excluding carboxylic acids is 2. The monoisotopic (exact) mass is 249 g/mol. The molecule has 0 aromatic carbocycles. The predicted octanol–water partition coefficient (Wildman–Crippen LogP) is 0.405. The molecule has 18 heavy (non-hydrogen) atoms. The normalized spacial score (nSPS) is 17.8. The lowest BCUT2D eigenvalue weighted by Gasteiger charge is -2.29. The largest absolute Gasteiger partial charge is 0.369 e. The van der Waals surface area contributed by atoms with Crippen LogP contribution in [0.25, 0.3) is 0 Å². The van der Waals surface area contributed by atoms with Gasteiger partial charge in [0.25, 0.3) is 0 Å². The maximum absolute atomic E-state index is 12.0. The number of aromatic nitrogens is 1. The number of Topliss-reactive ketones (excluding diaryl/α,β-unsaturated/α-hetero) is 1. The molecule has 1 amide bonds. The van der Waals surface area contributed by atoms with Crippen LogP contribution in [0.5, 0.6) is 0 Å². The predicted molar refractivity (Wildman–Crippen MR) is 68.1 cm³/mol. The maximum Gasteiger partial charge on any atom is 0.220 e. The Morgan fingerprint density at radius 1 is 1.39 bits per heavy atom. The molecule has 0 saturated carbocycles. The Kier molecular flexibility index (Phi) is 3.81. The van der Waals surface area contributed by atoms with E-state index in [4.69, 9.17) is 5.73 Å². The summed E-state index contributed by atoms with van der Waals surface area (Å²) in [4.78, 5) is 25.1. The van der Waals surface area contributed by atoms with Crippen molar-refractivity contribution in [2.45, 2.75) is 12.8 Å². The van der Waals surface area contributed by atoms with Crippen LogP contribution in [0.4, 0.5) is 0 Å². The molecule has 2 heterocycles. The molecule has 1 aliphatic heterocycles. The Morgan fingerprint density at radius 2 is 2.06 bits per heavy atom. The van der Waals surface area contributed by atoms with Crippen LogP contribution in [-0.4, -0.2) is 40.8 Å². The first-order valence-electron chi connectivity index (χ1n) is 6.23. The van der Waals surface area contributed by atoms with E-state index >= 15 is 0 Å². The van der Waals surface area contributed by atoms with Gasteiger partial charge in [-0.3, -0.25) is 14.5 Å². The number of likely N-dealkylation sites (tertiary alicyclic amines) is 1. The van der Waals surface area contributed by atoms with Gasteiger partial charge in [0, 0.05) is 30.9 Å². The average Bonchev–Trinajstić information content (AvgIpc) is 2.76. The first kappa shape index (κ1) is 12.8. The maximum atomic E-state index is 12.0. The quantitative estimate of drug-likeness (QED) is 0.786. The van der Waals surface area contributed by atoms with Crippen molar-refractivity contribution in [2.24, 2.45) is 18.7 Å². The lowest BCUT2D eigenvalue weighted by molar-refractivity contribution is -0.123. The van der Waals surface area contributed by atoms with Gasteiger partial charge in [-0.15, -0.1) is 0 Å². The van der Waals surface area contributed by atoms with E-state index in [9.17, 15) is 9.59 Å². The fraction of sp³-hybridized carbons (Fsp3) is 0.538. The summed E-state index contributed by atoms with van der Waals surface area (Å²) >= 11 is 0. The van der Waals surface area contributed by atoms with Gasteiger partial charge in [0.15, 0.2) is 5.78 Å². The highest BCUT2D eigenvalue weighted by Gasteiger charge is 2.24. The Labute approximate surface area is 107 Å². The van der Waals surface area contributed by atoms with Crippen LogP contribution in [0, 0.1) is 5.92 Å². The van der Waals surface area contributed by atoms with Crippen molar-refractivity contribution in [2.75, 3.05) is 19.6 Å². The molecule has 1 aliphatic rings. The molecule has 0 spiro atoms. The number of hydrogen-bond acceptors (Lipinski definition) is 3. The molecule has 1 aromatic heterocycles. The molecule has 1 saturated heterocycles.